The van der Waals surface area contributed by atoms with Crippen molar-refractivity contribution >= 4 is 15.8 Å². The van der Waals surface area contributed by atoms with Crippen LogP contribution in [0.25, 0.3) is 5.69 Å². The number of nitrogen functional groups attached to an aromatic ring is 1. The fourth-order valence-corrected chi connectivity index (χ4v) is 2.21. The van der Waals surface area contributed by atoms with E-state index in [0.29, 0.717) is 5.95 Å². The van der Waals surface area contributed by atoms with Crippen LogP contribution in [-0.2, 0) is 9.84 Å². The van der Waals surface area contributed by atoms with Crippen molar-refractivity contribution < 1.29 is 8.42 Å². The molecule has 0 unspecified atom stereocenters. The van der Waals surface area contributed by atoms with E-state index in [2.05, 4.69) is 4.98 Å². The van der Waals surface area contributed by atoms with Crippen molar-refractivity contribution in [2.45, 2.75) is 11.8 Å². The van der Waals surface area contributed by atoms with Gasteiger partial charge in [0, 0.05) is 18.1 Å². The molecular formula is C11H13N3O2S. The summed E-state index contributed by atoms with van der Waals surface area (Å²) in [6.07, 6.45) is 2.97. The standard InChI is InChI=1S/C11H13N3O2S/c1-8-7-14(11(12)13-8)9-3-5-10(6-4-9)17(2,15)16/h3-7H,1-2H3,(H2,12,13). The zero-order valence-corrected chi connectivity index (χ0v) is 10.4. The third-order valence-electron chi connectivity index (χ3n) is 2.40. The maximum atomic E-state index is 11.3. The van der Waals surface area contributed by atoms with Gasteiger partial charge in [0.25, 0.3) is 0 Å². The molecule has 5 nitrogen and oxygen atoms in total. The Bertz CT molecular complexity index is 642. The molecule has 0 saturated heterocycles. The van der Waals surface area contributed by atoms with Crippen LogP contribution >= 0.6 is 0 Å². The fourth-order valence-electron chi connectivity index (χ4n) is 1.58. The summed E-state index contributed by atoms with van der Waals surface area (Å²) in [6, 6.07) is 6.51. The topological polar surface area (TPSA) is 78.0 Å². The largest absolute Gasteiger partial charge is 0.369 e. The van der Waals surface area contributed by atoms with Crippen LogP contribution in [0.2, 0.25) is 0 Å². The molecule has 0 saturated carbocycles. The van der Waals surface area contributed by atoms with Crippen LogP contribution in [0.15, 0.2) is 35.4 Å². The van der Waals surface area contributed by atoms with Crippen molar-refractivity contribution in [3.8, 4) is 5.69 Å². The molecular weight excluding hydrogens is 238 g/mol. The number of aryl methyl sites for hydroxylation is 1. The summed E-state index contributed by atoms with van der Waals surface area (Å²) in [7, 11) is -3.16. The van der Waals surface area contributed by atoms with Crippen LogP contribution in [-0.4, -0.2) is 24.2 Å². The monoisotopic (exact) mass is 251 g/mol. The van der Waals surface area contributed by atoms with Crippen molar-refractivity contribution in [3.63, 3.8) is 0 Å². The van der Waals surface area contributed by atoms with Crippen LogP contribution in [0.5, 0.6) is 0 Å². The lowest BCUT2D eigenvalue weighted by atomic mass is 10.3. The molecule has 0 aliphatic carbocycles. The zero-order valence-electron chi connectivity index (χ0n) is 9.58. The van der Waals surface area contributed by atoms with Crippen molar-refractivity contribution in [1.29, 1.82) is 0 Å². The van der Waals surface area contributed by atoms with Gasteiger partial charge in [-0.25, -0.2) is 13.4 Å². The first kappa shape index (κ1) is 11.7. The average molecular weight is 251 g/mol. The van der Waals surface area contributed by atoms with E-state index in [1.165, 1.54) is 6.26 Å². The first-order valence-electron chi connectivity index (χ1n) is 5.00. The molecule has 0 amide bonds. The van der Waals surface area contributed by atoms with E-state index in [-0.39, 0.29) is 4.90 Å². The Labute approximate surface area is 99.8 Å². The Morgan fingerprint density at radius 1 is 1.24 bits per heavy atom. The van der Waals surface area contributed by atoms with Crippen LogP contribution in [0, 0.1) is 6.92 Å². The molecule has 2 rings (SSSR count). The first-order chi connectivity index (χ1) is 7.88. The van der Waals surface area contributed by atoms with Crippen molar-refractivity contribution in [3.05, 3.63) is 36.2 Å². The maximum Gasteiger partial charge on any atom is 0.205 e. The Balaban J connectivity index is 2.46. The van der Waals surface area contributed by atoms with Gasteiger partial charge in [-0.15, -0.1) is 0 Å². The van der Waals surface area contributed by atoms with Gasteiger partial charge in [-0.2, -0.15) is 0 Å². The second kappa shape index (κ2) is 3.89. The number of nitrogens with two attached hydrogens (primary N) is 1. The number of hydrogen-bond donors (Lipinski definition) is 1. The summed E-state index contributed by atoms with van der Waals surface area (Å²) in [5.41, 5.74) is 7.33. The summed E-state index contributed by atoms with van der Waals surface area (Å²) in [4.78, 5) is 4.37. The second-order valence-corrected chi connectivity index (χ2v) is 5.89. The van der Waals surface area contributed by atoms with Crippen molar-refractivity contribution in [1.82, 2.24) is 9.55 Å². The predicted octanol–water partition coefficient (Wildman–Crippen LogP) is 1.17. The molecule has 0 aliphatic rings. The van der Waals surface area contributed by atoms with E-state index >= 15 is 0 Å². The number of hydrogen-bond acceptors (Lipinski definition) is 4. The maximum absolute atomic E-state index is 11.3. The van der Waals surface area contributed by atoms with Gasteiger partial charge < -0.3 is 5.73 Å². The number of imidazole rings is 1. The van der Waals surface area contributed by atoms with E-state index in [1.807, 2.05) is 6.92 Å². The quantitative estimate of drug-likeness (QED) is 0.869. The van der Waals surface area contributed by atoms with Crippen molar-refractivity contribution in [2.24, 2.45) is 0 Å². The van der Waals surface area contributed by atoms with Gasteiger partial charge in [0.05, 0.1) is 10.6 Å². The van der Waals surface area contributed by atoms with Crippen LogP contribution in [0.3, 0.4) is 0 Å². The lowest BCUT2D eigenvalue weighted by Gasteiger charge is -2.05. The third kappa shape index (κ3) is 2.31. The van der Waals surface area contributed by atoms with E-state index in [1.54, 1.807) is 35.0 Å². The molecule has 2 N–H and O–H groups in total. The van der Waals surface area contributed by atoms with Gasteiger partial charge in [-0.05, 0) is 31.2 Å². The second-order valence-electron chi connectivity index (χ2n) is 3.88. The summed E-state index contributed by atoms with van der Waals surface area (Å²) in [5, 5.41) is 0. The number of aromatic nitrogens is 2. The van der Waals surface area contributed by atoms with Crippen LogP contribution < -0.4 is 5.73 Å². The van der Waals surface area contributed by atoms with E-state index in [9.17, 15) is 8.42 Å². The molecule has 90 valence electrons. The first-order valence-corrected chi connectivity index (χ1v) is 6.89. The molecule has 6 heteroatoms. The van der Waals surface area contributed by atoms with Crippen molar-refractivity contribution in [2.75, 3.05) is 12.0 Å². The minimum Gasteiger partial charge on any atom is -0.369 e. The summed E-state index contributed by atoms with van der Waals surface area (Å²) in [5.74, 6) is 0.384. The van der Waals surface area contributed by atoms with Gasteiger partial charge >= 0.3 is 0 Å². The molecule has 1 aromatic carbocycles. The third-order valence-corrected chi connectivity index (χ3v) is 3.53. The highest BCUT2D eigenvalue weighted by Crippen LogP contribution is 2.17. The molecule has 17 heavy (non-hydrogen) atoms. The van der Waals surface area contributed by atoms with E-state index in [0.717, 1.165) is 11.4 Å². The lowest BCUT2D eigenvalue weighted by molar-refractivity contribution is 0.602. The predicted molar refractivity (Wildman–Crippen MR) is 65.8 cm³/mol. The van der Waals surface area contributed by atoms with Gasteiger partial charge in [-0.3, -0.25) is 4.57 Å². The highest BCUT2D eigenvalue weighted by Gasteiger charge is 2.08. The molecule has 1 heterocycles. The number of rotatable bonds is 2. The summed E-state index contributed by atoms with van der Waals surface area (Å²) >= 11 is 0. The molecule has 0 bridgehead atoms. The summed E-state index contributed by atoms with van der Waals surface area (Å²) < 4.78 is 24.3. The molecule has 0 atom stereocenters. The average Bonchev–Trinajstić information content (AvgIpc) is 2.57. The highest BCUT2D eigenvalue weighted by molar-refractivity contribution is 7.90. The van der Waals surface area contributed by atoms with Gasteiger partial charge in [0.2, 0.25) is 5.95 Å². The van der Waals surface area contributed by atoms with Gasteiger partial charge in [-0.1, -0.05) is 0 Å². The Hall–Kier alpha value is -1.82. The minimum atomic E-state index is -3.16. The SMILES string of the molecule is Cc1cn(-c2ccc(S(C)(=O)=O)cc2)c(N)n1. The zero-order chi connectivity index (χ0) is 12.6. The Kier molecular flexibility index (Phi) is 2.66. The lowest BCUT2D eigenvalue weighted by Crippen LogP contribution is -2.01. The van der Waals surface area contributed by atoms with Gasteiger partial charge in [0.15, 0.2) is 9.84 Å². The number of benzene rings is 1. The molecule has 0 aliphatic heterocycles. The van der Waals surface area contributed by atoms with Crippen LogP contribution in [0.4, 0.5) is 5.95 Å². The number of sulfone groups is 1. The van der Waals surface area contributed by atoms with Crippen LogP contribution in [0.1, 0.15) is 5.69 Å². The smallest absolute Gasteiger partial charge is 0.205 e. The molecule has 2 aromatic rings. The van der Waals surface area contributed by atoms with E-state index in [4.69, 9.17) is 5.73 Å². The minimum absolute atomic E-state index is 0.289. The van der Waals surface area contributed by atoms with Gasteiger partial charge in [0.1, 0.15) is 0 Å². The summed E-state index contributed by atoms with van der Waals surface area (Å²) in [6.45, 7) is 1.84. The molecule has 0 fully saturated rings. The molecule has 1 aromatic heterocycles. The molecule has 0 radical (unpaired) electrons. The number of nitrogens with zero attached hydrogens (tertiary/aromatic N) is 2. The normalized spacial score (nSPS) is 11.6. The number of anilines is 1. The Morgan fingerprint density at radius 2 is 1.82 bits per heavy atom. The Morgan fingerprint density at radius 3 is 2.24 bits per heavy atom. The molecule has 0 spiro atoms. The highest BCUT2D eigenvalue weighted by atomic mass is 32.2. The van der Waals surface area contributed by atoms with E-state index < -0.39 is 9.84 Å². The fraction of sp³-hybridized carbons (Fsp3) is 0.182.